The largest absolute Gasteiger partial charge is 0.309 e. The minimum absolute atomic E-state index is 0.0798. The van der Waals surface area contributed by atoms with Crippen molar-refractivity contribution in [2.75, 3.05) is 0 Å². The zero-order valence-electron chi connectivity index (χ0n) is 25.3. The van der Waals surface area contributed by atoms with Crippen LogP contribution < -0.4 is 0 Å². The molecule has 216 valence electrons. The van der Waals surface area contributed by atoms with Crippen molar-refractivity contribution in [2.45, 2.75) is 19.3 Å². The van der Waals surface area contributed by atoms with Crippen molar-refractivity contribution in [2.24, 2.45) is 0 Å². The van der Waals surface area contributed by atoms with Gasteiger partial charge in [-0.1, -0.05) is 109 Å². The smallest absolute Gasteiger partial charge is 0.0547 e. The third kappa shape index (κ3) is 3.57. The summed E-state index contributed by atoms with van der Waals surface area (Å²) in [6.45, 7) is 4.75. The van der Waals surface area contributed by atoms with Gasteiger partial charge in [0.2, 0.25) is 0 Å². The van der Waals surface area contributed by atoms with Crippen LogP contribution in [-0.4, -0.2) is 4.57 Å². The predicted octanol–water partition coefficient (Wildman–Crippen LogP) is 12.6. The molecule has 46 heavy (non-hydrogen) atoms. The molecule has 0 aliphatic heterocycles. The average molecular weight is 669 g/mol. The lowest BCUT2D eigenvalue weighted by atomic mass is 9.80. The highest BCUT2D eigenvalue weighted by molar-refractivity contribution is 9.10. The third-order valence-electron chi connectivity index (χ3n) is 10.0. The summed E-state index contributed by atoms with van der Waals surface area (Å²) in [5, 5.41) is 7.49. The van der Waals surface area contributed by atoms with E-state index in [1.165, 1.54) is 75.3 Å². The molecule has 0 atom stereocenters. The van der Waals surface area contributed by atoms with Gasteiger partial charge in [0.25, 0.3) is 0 Å². The molecule has 0 saturated carbocycles. The monoisotopic (exact) mass is 667 g/mol. The van der Waals surface area contributed by atoms with Gasteiger partial charge in [0.05, 0.1) is 16.4 Å². The normalized spacial score (nSPS) is 13.5. The number of aromatic nitrogens is 1. The lowest BCUT2D eigenvalue weighted by Crippen LogP contribution is -2.15. The molecule has 1 aliphatic rings. The zero-order chi connectivity index (χ0) is 30.7. The molecule has 0 bridgehead atoms. The molecule has 9 aromatic rings. The maximum absolute atomic E-state index is 3.63. The highest BCUT2D eigenvalue weighted by Gasteiger charge is 2.36. The summed E-state index contributed by atoms with van der Waals surface area (Å²) in [5.41, 5.74) is 11.3. The number of halogens is 1. The first-order valence-corrected chi connectivity index (χ1v) is 17.2. The lowest BCUT2D eigenvalue weighted by Gasteiger charge is -2.23. The van der Waals surface area contributed by atoms with E-state index in [1.54, 1.807) is 0 Å². The standard InChI is InChI=1S/C43H26BrNS/c1-43(2)37-11-7-6-10-30(37)33-17-13-27-21-36-35-20-25(26-12-16-31-32-18-15-28(44)23-41(32)46-40(31)22-26)14-19-38(35)45(29-8-4-3-5-9-29)39(36)24-34(27)42(33)43/h3-11,13-15,17-24H,1-2H3. The molecule has 0 fully saturated rings. The van der Waals surface area contributed by atoms with Crippen molar-refractivity contribution in [1.82, 2.24) is 4.57 Å². The Morgan fingerprint density at radius 1 is 0.630 bits per heavy atom. The van der Waals surface area contributed by atoms with Gasteiger partial charge in [-0.3, -0.25) is 0 Å². The summed E-state index contributed by atoms with van der Waals surface area (Å²) in [6, 6.07) is 51.8. The first-order valence-electron chi connectivity index (χ1n) is 15.6. The molecule has 0 saturated heterocycles. The number of hydrogen-bond donors (Lipinski definition) is 0. The van der Waals surface area contributed by atoms with Gasteiger partial charge in [-0.15, -0.1) is 11.3 Å². The van der Waals surface area contributed by atoms with Crippen LogP contribution in [0.1, 0.15) is 25.0 Å². The van der Waals surface area contributed by atoms with Gasteiger partial charge in [-0.25, -0.2) is 0 Å². The van der Waals surface area contributed by atoms with Gasteiger partial charge in [-0.2, -0.15) is 0 Å². The molecular formula is C43H26BrNS. The van der Waals surface area contributed by atoms with Crippen LogP contribution in [0.3, 0.4) is 0 Å². The van der Waals surface area contributed by atoms with Crippen molar-refractivity contribution in [3.63, 3.8) is 0 Å². The Labute approximate surface area is 279 Å². The Morgan fingerprint density at radius 3 is 2.35 bits per heavy atom. The number of para-hydroxylation sites is 1. The maximum atomic E-state index is 3.63. The van der Waals surface area contributed by atoms with E-state index in [0.29, 0.717) is 0 Å². The Hall–Kier alpha value is -4.88. The minimum Gasteiger partial charge on any atom is -0.309 e. The summed E-state index contributed by atoms with van der Waals surface area (Å²) in [4.78, 5) is 0. The Bertz CT molecular complexity index is 2730. The van der Waals surface area contributed by atoms with E-state index in [9.17, 15) is 0 Å². The van der Waals surface area contributed by atoms with E-state index in [4.69, 9.17) is 0 Å². The fraction of sp³-hybridized carbons (Fsp3) is 0.0698. The van der Waals surface area contributed by atoms with Crippen molar-refractivity contribution < 1.29 is 0 Å². The van der Waals surface area contributed by atoms with Gasteiger partial charge in [0.1, 0.15) is 0 Å². The summed E-state index contributed by atoms with van der Waals surface area (Å²) < 4.78 is 6.03. The molecule has 3 heteroatoms. The van der Waals surface area contributed by atoms with E-state index >= 15 is 0 Å². The summed E-state index contributed by atoms with van der Waals surface area (Å²) in [7, 11) is 0. The molecule has 10 rings (SSSR count). The summed E-state index contributed by atoms with van der Waals surface area (Å²) >= 11 is 5.44. The summed E-state index contributed by atoms with van der Waals surface area (Å²) in [5.74, 6) is 0. The second-order valence-corrected chi connectivity index (χ2v) is 14.9. The van der Waals surface area contributed by atoms with Gasteiger partial charge >= 0.3 is 0 Å². The second-order valence-electron chi connectivity index (χ2n) is 12.9. The Morgan fingerprint density at radius 2 is 1.46 bits per heavy atom. The van der Waals surface area contributed by atoms with Crippen molar-refractivity contribution in [1.29, 1.82) is 0 Å². The first-order chi connectivity index (χ1) is 22.5. The van der Waals surface area contributed by atoms with Crippen LogP contribution in [0.15, 0.2) is 126 Å². The minimum atomic E-state index is -0.0798. The molecule has 1 aliphatic carbocycles. The van der Waals surface area contributed by atoms with Crippen LogP contribution in [0.25, 0.3) is 80.7 Å². The van der Waals surface area contributed by atoms with E-state index in [1.807, 2.05) is 11.3 Å². The molecule has 0 unspecified atom stereocenters. The van der Waals surface area contributed by atoms with E-state index in [-0.39, 0.29) is 5.41 Å². The average Bonchev–Trinajstić information content (AvgIpc) is 3.68. The molecule has 7 aromatic carbocycles. The maximum Gasteiger partial charge on any atom is 0.0547 e. The van der Waals surface area contributed by atoms with E-state index in [2.05, 4.69) is 168 Å². The Kier molecular flexibility index (Phi) is 5.34. The second kappa shape index (κ2) is 9.33. The molecule has 0 N–H and O–H groups in total. The fourth-order valence-corrected chi connectivity index (χ4v) is 9.58. The Balaban J connectivity index is 1.24. The lowest BCUT2D eigenvalue weighted by molar-refractivity contribution is 0.666. The zero-order valence-corrected chi connectivity index (χ0v) is 27.7. The van der Waals surface area contributed by atoms with Crippen LogP contribution in [0, 0.1) is 12.1 Å². The van der Waals surface area contributed by atoms with Crippen molar-refractivity contribution >= 4 is 80.0 Å². The van der Waals surface area contributed by atoms with Gasteiger partial charge in [-0.05, 0) is 93.2 Å². The van der Waals surface area contributed by atoms with Gasteiger partial charge in [0, 0.05) is 46.7 Å². The molecule has 0 amide bonds. The third-order valence-corrected chi connectivity index (χ3v) is 11.6. The SMILES string of the molecule is CC1(C)c2ccccc2-c2ccc3cc4c5cc(-c6c#cc7c(c6)sc6cc(Br)ccc67)ccc5n(-c5ccccc5)c4cc3c21. The molecular weight excluding hydrogens is 642 g/mol. The number of fused-ring (bicyclic) bond motifs is 11. The molecule has 0 radical (unpaired) electrons. The molecule has 2 aromatic heterocycles. The summed E-state index contributed by atoms with van der Waals surface area (Å²) in [6.07, 6.45) is 0. The quantitative estimate of drug-likeness (QED) is 0.173. The number of rotatable bonds is 2. The van der Waals surface area contributed by atoms with Crippen molar-refractivity contribution in [3.8, 4) is 27.9 Å². The van der Waals surface area contributed by atoms with Gasteiger partial charge in [0.15, 0.2) is 0 Å². The van der Waals surface area contributed by atoms with E-state index in [0.717, 1.165) is 21.0 Å². The van der Waals surface area contributed by atoms with Gasteiger partial charge < -0.3 is 4.57 Å². The van der Waals surface area contributed by atoms with E-state index < -0.39 is 0 Å². The highest BCUT2D eigenvalue weighted by atomic mass is 79.9. The fourth-order valence-electron chi connectivity index (χ4n) is 7.93. The van der Waals surface area contributed by atoms with Crippen LogP contribution in [-0.2, 0) is 5.41 Å². The number of thiophene rings is 1. The number of hydrogen-bond acceptors (Lipinski definition) is 1. The van der Waals surface area contributed by atoms with Crippen LogP contribution >= 0.6 is 27.3 Å². The molecule has 2 heterocycles. The topological polar surface area (TPSA) is 4.93 Å². The first kappa shape index (κ1) is 26.3. The van der Waals surface area contributed by atoms with Crippen LogP contribution in [0.5, 0.6) is 0 Å². The number of nitrogens with zero attached hydrogens (tertiary/aromatic N) is 1. The van der Waals surface area contributed by atoms with Crippen molar-refractivity contribution in [3.05, 3.63) is 149 Å². The predicted molar refractivity (Wildman–Crippen MR) is 200 cm³/mol. The molecule has 1 nitrogen and oxygen atoms in total. The van der Waals surface area contributed by atoms with Crippen LogP contribution in [0.4, 0.5) is 0 Å². The highest BCUT2D eigenvalue weighted by Crippen LogP contribution is 2.52. The van der Waals surface area contributed by atoms with Crippen LogP contribution in [0.2, 0.25) is 0 Å². The molecule has 0 spiro atoms. The number of benzene rings is 6.